The summed E-state index contributed by atoms with van der Waals surface area (Å²) in [5.41, 5.74) is 2.35. The Morgan fingerprint density at radius 3 is 2.33 bits per heavy atom. The molecule has 1 aliphatic heterocycles. The van der Waals surface area contributed by atoms with Crippen molar-refractivity contribution in [2.75, 3.05) is 6.54 Å². The van der Waals surface area contributed by atoms with Crippen LogP contribution < -0.4 is 5.32 Å². The van der Waals surface area contributed by atoms with Gasteiger partial charge in [-0.2, -0.15) is 0 Å². The van der Waals surface area contributed by atoms with Crippen LogP contribution >= 0.6 is 0 Å². The highest BCUT2D eigenvalue weighted by atomic mass is 16.2. The summed E-state index contributed by atoms with van der Waals surface area (Å²) in [5, 5.41) is 3.73. The Kier molecular flexibility index (Phi) is 3.89. The highest BCUT2D eigenvalue weighted by molar-refractivity contribution is 5.88. The molecule has 1 aliphatic carbocycles. The van der Waals surface area contributed by atoms with Gasteiger partial charge in [-0.1, -0.05) is 60.7 Å². The molecule has 1 amide bonds. The predicted octanol–water partition coefficient (Wildman–Crippen LogP) is 3.53. The Morgan fingerprint density at radius 1 is 1.08 bits per heavy atom. The third kappa shape index (κ3) is 2.73. The normalized spacial score (nSPS) is 22.8. The van der Waals surface area contributed by atoms with Gasteiger partial charge in [0.1, 0.15) is 0 Å². The number of rotatable bonds is 5. The fourth-order valence-electron chi connectivity index (χ4n) is 3.93. The smallest absolute Gasteiger partial charge is 0.230 e. The molecular formula is C21H24N2O. The molecule has 0 bridgehead atoms. The predicted molar refractivity (Wildman–Crippen MR) is 95.3 cm³/mol. The van der Waals surface area contributed by atoms with Crippen LogP contribution in [0.15, 0.2) is 60.7 Å². The van der Waals surface area contributed by atoms with Crippen LogP contribution in [0.5, 0.6) is 0 Å². The molecule has 3 heteroatoms. The average molecular weight is 320 g/mol. The van der Waals surface area contributed by atoms with E-state index in [2.05, 4.69) is 48.6 Å². The molecular weight excluding hydrogens is 296 g/mol. The Hall–Kier alpha value is -2.13. The first-order valence-electron chi connectivity index (χ1n) is 8.83. The minimum Gasteiger partial charge on any atom is -0.336 e. The molecule has 24 heavy (non-hydrogen) atoms. The van der Waals surface area contributed by atoms with E-state index in [1.54, 1.807) is 0 Å². The maximum atomic E-state index is 12.9. The number of benzene rings is 2. The topological polar surface area (TPSA) is 32.3 Å². The van der Waals surface area contributed by atoms with Crippen molar-refractivity contribution in [2.45, 2.75) is 38.4 Å². The van der Waals surface area contributed by atoms with Crippen LogP contribution in [0.1, 0.15) is 36.9 Å². The number of carbonyl (C=O) groups is 1. The average Bonchev–Trinajstić information content (AvgIpc) is 3.39. The van der Waals surface area contributed by atoms with Crippen molar-refractivity contribution in [3.63, 3.8) is 0 Å². The molecule has 2 atom stereocenters. The van der Waals surface area contributed by atoms with E-state index in [9.17, 15) is 4.79 Å². The number of likely N-dealkylation sites (tertiary alicyclic amines) is 1. The summed E-state index contributed by atoms with van der Waals surface area (Å²) in [5.74, 6) is 0.337. The number of nitrogens with zero attached hydrogens (tertiary/aromatic N) is 1. The summed E-state index contributed by atoms with van der Waals surface area (Å²) in [6.45, 7) is 3.72. The molecule has 1 saturated carbocycles. The monoisotopic (exact) mass is 320 g/mol. The Labute approximate surface area is 143 Å². The Morgan fingerprint density at radius 2 is 1.71 bits per heavy atom. The molecule has 124 valence electrons. The first kappa shape index (κ1) is 15.4. The zero-order valence-corrected chi connectivity index (χ0v) is 14.1. The van der Waals surface area contributed by atoms with E-state index in [0.717, 1.165) is 25.9 Å². The highest BCUT2D eigenvalue weighted by Crippen LogP contribution is 2.54. The van der Waals surface area contributed by atoms with Gasteiger partial charge in [-0.3, -0.25) is 4.79 Å². The first-order valence-corrected chi connectivity index (χ1v) is 8.83. The summed E-state index contributed by atoms with van der Waals surface area (Å²) in [6.07, 6.45) is 2.05. The maximum absolute atomic E-state index is 12.9. The Balaban J connectivity index is 1.47. The lowest BCUT2D eigenvalue weighted by Gasteiger charge is -2.23. The fourth-order valence-corrected chi connectivity index (χ4v) is 3.93. The molecule has 1 heterocycles. The van der Waals surface area contributed by atoms with Crippen LogP contribution in [0.4, 0.5) is 0 Å². The number of carbonyl (C=O) groups excluding carboxylic acids is 1. The lowest BCUT2D eigenvalue weighted by atomic mass is 9.98. The second-order valence-corrected chi connectivity index (χ2v) is 7.18. The molecule has 4 rings (SSSR count). The van der Waals surface area contributed by atoms with Crippen LogP contribution in [-0.4, -0.2) is 23.4 Å². The molecule has 2 aromatic rings. The molecule has 3 nitrogen and oxygen atoms in total. The minimum absolute atomic E-state index is 0.141. The molecule has 0 radical (unpaired) electrons. The number of amides is 1. The van der Waals surface area contributed by atoms with Gasteiger partial charge in [-0.25, -0.2) is 0 Å². The van der Waals surface area contributed by atoms with Gasteiger partial charge in [0.05, 0.1) is 5.41 Å². The largest absolute Gasteiger partial charge is 0.336 e. The van der Waals surface area contributed by atoms with Gasteiger partial charge in [0, 0.05) is 25.2 Å². The fraction of sp³-hybridized carbons (Fsp3) is 0.381. The number of nitrogens with one attached hydrogen (secondary N) is 1. The van der Waals surface area contributed by atoms with Gasteiger partial charge in [-0.05, 0) is 30.9 Å². The lowest BCUT2D eigenvalue weighted by Crippen LogP contribution is -2.39. The molecule has 1 spiro atoms. The molecule has 2 aromatic carbocycles. The van der Waals surface area contributed by atoms with Crippen molar-refractivity contribution in [3.05, 3.63) is 71.8 Å². The van der Waals surface area contributed by atoms with Crippen molar-refractivity contribution in [1.82, 2.24) is 10.2 Å². The highest BCUT2D eigenvalue weighted by Gasteiger charge is 2.61. The van der Waals surface area contributed by atoms with Crippen LogP contribution in [0.25, 0.3) is 0 Å². The van der Waals surface area contributed by atoms with E-state index < -0.39 is 0 Å². The van der Waals surface area contributed by atoms with Crippen LogP contribution in [0.3, 0.4) is 0 Å². The maximum Gasteiger partial charge on any atom is 0.230 e. The van der Waals surface area contributed by atoms with Gasteiger partial charge < -0.3 is 10.2 Å². The molecule has 2 fully saturated rings. The summed E-state index contributed by atoms with van der Waals surface area (Å²) in [6, 6.07) is 21.3. The van der Waals surface area contributed by atoms with E-state index in [1.807, 2.05) is 29.2 Å². The minimum atomic E-state index is -0.141. The van der Waals surface area contributed by atoms with E-state index in [-0.39, 0.29) is 17.5 Å². The molecule has 2 aliphatic rings. The molecule has 0 aromatic heterocycles. The van der Waals surface area contributed by atoms with Crippen LogP contribution in [0, 0.1) is 5.41 Å². The summed E-state index contributed by atoms with van der Waals surface area (Å²) in [7, 11) is 0. The van der Waals surface area contributed by atoms with Gasteiger partial charge in [-0.15, -0.1) is 0 Å². The summed E-state index contributed by atoms with van der Waals surface area (Å²) in [4.78, 5) is 14.9. The van der Waals surface area contributed by atoms with Gasteiger partial charge in [0.15, 0.2) is 0 Å². The van der Waals surface area contributed by atoms with Gasteiger partial charge in [0.25, 0.3) is 0 Å². The third-order valence-corrected chi connectivity index (χ3v) is 5.54. The lowest BCUT2D eigenvalue weighted by molar-refractivity contribution is -0.132. The zero-order chi connectivity index (χ0) is 16.6. The van der Waals surface area contributed by atoms with Crippen LogP contribution in [0.2, 0.25) is 0 Å². The van der Waals surface area contributed by atoms with E-state index in [4.69, 9.17) is 0 Å². The van der Waals surface area contributed by atoms with Crippen molar-refractivity contribution >= 4 is 5.91 Å². The first-order chi connectivity index (χ1) is 11.7. The number of hydrogen-bond acceptors (Lipinski definition) is 2. The second-order valence-electron chi connectivity index (χ2n) is 7.18. The van der Waals surface area contributed by atoms with E-state index in [1.165, 1.54) is 11.1 Å². The van der Waals surface area contributed by atoms with Crippen molar-refractivity contribution in [3.8, 4) is 0 Å². The van der Waals surface area contributed by atoms with Crippen LogP contribution in [-0.2, 0) is 11.3 Å². The molecule has 1 saturated heterocycles. The zero-order valence-electron chi connectivity index (χ0n) is 14.1. The Bertz CT molecular complexity index is 709. The van der Waals surface area contributed by atoms with Gasteiger partial charge in [0.2, 0.25) is 5.91 Å². The SMILES string of the molecule is CC(NC1CN(Cc2ccccc2)C(=O)C12CC2)c1ccccc1. The van der Waals surface area contributed by atoms with Crippen molar-refractivity contribution in [1.29, 1.82) is 0 Å². The molecule has 2 unspecified atom stereocenters. The van der Waals surface area contributed by atoms with E-state index >= 15 is 0 Å². The third-order valence-electron chi connectivity index (χ3n) is 5.54. The summed E-state index contributed by atoms with van der Waals surface area (Å²) < 4.78 is 0. The number of hydrogen-bond donors (Lipinski definition) is 1. The van der Waals surface area contributed by atoms with Gasteiger partial charge >= 0.3 is 0 Å². The summed E-state index contributed by atoms with van der Waals surface area (Å²) >= 11 is 0. The van der Waals surface area contributed by atoms with E-state index in [0.29, 0.717) is 5.91 Å². The van der Waals surface area contributed by atoms with Crippen molar-refractivity contribution < 1.29 is 4.79 Å². The second kappa shape index (κ2) is 6.06. The quantitative estimate of drug-likeness (QED) is 0.914. The van der Waals surface area contributed by atoms with Crippen molar-refractivity contribution in [2.24, 2.45) is 5.41 Å². The molecule has 1 N–H and O–H groups in total. The standard InChI is InChI=1S/C21H24N2O/c1-16(18-10-6-3-7-11-18)22-19-15-23(20(24)21(19)12-13-21)14-17-8-4-2-5-9-17/h2-11,16,19,22H,12-15H2,1H3.